The predicted octanol–water partition coefficient (Wildman–Crippen LogP) is -0.717. The maximum absolute atomic E-state index is 6.06. The van der Waals surface area contributed by atoms with Gasteiger partial charge in [-0.3, -0.25) is 10.3 Å². The Hall–Kier alpha value is -0.810. The number of nitrogens with one attached hydrogen (secondary N) is 2. The fourth-order valence-electron chi connectivity index (χ4n) is 2.10. The Morgan fingerprint density at radius 3 is 2.64 bits per heavy atom. The van der Waals surface area contributed by atoms with Crippen LogP contribution in [0.15, 0.2) is 0 Å². The highest BCUT2D eigenvalue weighted by Gasteiger charge is 2.24. The van der Waals surface area contributed by atoms with E-state index < -0.39 is 0 Å². The van der Waals surface area contributed by atoms with Crippen molar-refractivity contribution in [1.82, 2.24) is 10.2 Å². The number of nitrogens with zero attached hydrogens (tertiary/aromatic N) is 1. The molecule has 2 aliphatic rings. The van der Waals surface area contributed by atoms with Crippen LogP contribution in [0, 0.1) is 5.41 Å². The molecule has 6 N–H and O–H groups in total. The van der Waals surface area contributed by atoms with Gasteiger partial charge >= 0.3 is 0 Å². The summed E-state index contributed by atoms with van der Waals surface area (Å²) in [6.45, 7) is 5.15. The van der Waals surface area contributed by atoms with Crippen LogP contribution in [0.2, 0.25) is 0 Å². The first-order chi connectivity index (χ1) is 6.70. The number of hydrogen-bond donors (Lipinski definition) is 4. The van der Waals surface area contributed by atoms with Crippen LogP contribution in [0.1, 0.15) is 19.3 Å². The van der Waals surface area contributed by atoms with Gasteiger partial charge in [-0.25, -0.2) is 0 Å². The number of fused-ring (bicyclic) bond motifs is 1. The Morgan fingerprint density at radius 1 is 1.29 bits per heavy atom. The van der Waals surface area contributed by atoms with Gasteiger partial charge in [-0.05, 0) is 38.9 Å². The fraction of sp³-hybridized carbons (Fsp3) is 0.889. The van der Waals surface area contributed by atoms with Gasteiger partial charge in [0.15, 0.2) is 5.96 Å². The molecule has 2 aliphatic heterocycles. The number of hydrogen-bond acceptors (Lipinski definition) is 3. The molecule has 0 saturated carbocycles. The van der Waals surface area contributed by atoms with Gasteiger partial charge in [0, 0.05) is 12.6 Å². The minimum Gasteiger partial charge on any atom is -0.370 e. The molecule has 2 fully saturated rings. The minimum absolute atomic E-state index is 0.333. The first-order valence-corrected chi connectivity index (χ1v) is 5.24. The van der Waals surface area contributed by atoms with Gasteiger partial charge < -0.3 is 16.8 Å². The van der Waals surface area contributed by atoms with Crippen LogP contribution in [-0.2, 0) is 0 Å². The summed E-state index contributed by atoms with van der Waals surface area (Å²) in [5, 5.41) is 9.53. The van der Waals surface area contributed by atoms with Crippen molar-refractivity contribution in [2.45, 2.75) is 25.3 Å². The molecule has 5 heteroatoms. The van der Waals surface area contributed by atoms with Gasteiger partial charge in [-0.1, -0.05) is 0 Å². The minimum atomic E-state index is -0.333. The molecule has 0 radical (unpaired) electrons. The lowest BCUT2D eigenvalue weighted by atomic mass is 10.2. The van der Waals surface area contributed by atoms with Crippen LogP contribution in [0.4, 0.5) is 0 Å². The molecule has 0 aromatic heterocycles. The third kappa shape index (κ3) is 3.93. The lowest BCUT2D eigenvalue weighted by Gasteiger charge is -2.20. The Labute approximate surface area is 85.3 Å². The Kier molecular flexibility index (Phi) is 4.69. The first-order valence-electron chi connectivity index (χ1n) is 5.24. The normalized spacial score (nSPS) is 27.0. The van der Waals surface area contributed by atoms with E-state index >= 15 is 0 Å². The summed E-state index contributed by atoms with van der Waals surface area (Å²) >= 11 is 0. The second kappa shape index (κ2) is 5.82. The third-order valence-electron chi connectivity index (χ3n) is 2.68. The topological polar surface area (TPSA) is 91.2 Å². The molecule has 2 heterocycles. The van der Waals surface area contributed by atoms with E-state index in [9.17, 15) is 0 Å². The summed E-state index contributed by atoms with van der Waals surface area (Å²) in [5.41, 5.74) is 8.94. The van der Waals surface area contributed by atoms with E-state index in [0.29, 0.717) is 0 Å². The summed E-state index contributed by atoms with van der Waals surface area (Å²) in [6, 6.07) is 0.877. The molecule has 2 rings (SSSR count). The van der Waals surface area contributed by atoms with Gasteiger partial charge in [0.05, 0.1) is 0 Å². The van der Waals surface area contributed by atoms with E-state index in [0.717, 1.165) is 6.04 Å². The number of nitrogens with two attached hydrogens (primary N) is 2. The van der Waals surface area contributed by atoms with E-state index in [2.05, 4.69) is 21.7 Å². The van der Waals surface area contributed by atoms with Crippen LogP contribution >= 0.6 is 0 Å². The van der Waals surface area contributed by atoms with Crippen LogP contribution < -0.4 is 16.8 Å². The molecule has 0 bridgehead atoms. The zero-order valence-corrected chi connectivity index (χ0v) is 8.63. The van der Waals surface area contributed by atoms with Crippen molar-refractivity contribution in [2.24, 2.45) is 11.5 Å². The van der Waals surface area contributed by atoms with Gasteiger partial charge in [0.25, 0.3) is 0 Å². The van der Waals surface area contributed by atoms with Crippen molar-refractivity contribution in [3.05, 3.63) is 0 Å². The molecule has 0 spiro atoms. The maximum Gasteiger partial charge on any atom is 0.183 e. The van der Waals surface area contributed by atoms with Crippen molar-refractivity contribution in [3.8, 4) is 0 Å². The Morgan fingerprint density at radius 2 is 1.93 bits per heavy atom. The van der Waals surface area contributed by atoms with Crippen LogP contribution in [0.3, 0.4) is 0 Å². The highest BCUT2D eigenvalue weighted by atomic mass is 15.2. The van der Waals surface area contributed by atoms with Crippen molar-refractivity contribution < 1.29 is 0 Å². The molecule has 0 aromatic rings. The monoisotopic (exact) mass is 199 g/mol. The molecule has 82 valence electrons. The molecule has 2 saturated heterocycles. The van der Waals surface area contributed by atoms with Crippen molar-refractivity contribution in [1.29, 1.82) is 5.41 Å². The first kappa shape index (κ1) is 11.3. The molecule has 5 nitrogen and oxygen atoms in total. The summed E-state index contributed by atoms with van der Waals surface area (Å²) in [6.07, 6.45) is 4.19. The third-order valence-corrected chi connectivity index (χ3v) is 2.68. The van der Waals surface area contributed by atoms with E-state index in [4.69, 9.17) is 5.41 Å². The molecular formula is C9H21N5. The molecule has 14 heavy (non-hydrogen) atoms. The molecule has 1 unspecified atom stereocenters. The van der Waals surface area contributed by atoms with Crippen molar-refractivity contribution >= 4 is 5.96 Å². The highest BCUT2D eigenvalue weighted by Crippen LogP contribution is 2.17. The fourth-order valence-corrected chi connectivity index (χ4v) is 2.10. The van der Waals surface area contributed by atoms with Crippen molar-refractivity contribution in [3.63, 3.8) is 0 Å². The van der Waals surface area contributed by atoms with E-state index in [1.165, 1.54) is 45.4 Å². The second-order valence-electron chi connectivity index (χ2n) is 3.85. The standard InChI is InChI=1S/C8H16N2.CH5N3/c1-3-8-7-9-4-2-6-10(8)5-1;2-1(3)4/h8-9H,1-7H2;(H5,2,3,4). The van der Waals surface area contributed by atoms with Crippen LogP contribution in [0.25, 0.3) is 0 Å². The summed E-state index contributed by atoms with van der Waals surface area (Å²) < 4.78 is 0. The Bertz CT molecular complexity index is 166. The lowest BCUT2D eigenvalue weighted by molar-refractivity contribution is 0.270. The van der Waals surface area contributed by atoms with Crippen molar-refractivity contribution in [2.75, 3.05) is 26.2 Å². The van der Waals surface area contributed by atoms with E-state index in [-0.39, 0.29) is 5.96 Å². The van der Waals surface area contributed by atoms with Gasteiger partial charge in [-0.2, -0.15) is 0 Å². The molecular weight excluding hydrogens is 178 g/mol. The average molecular weight is 199 g/mol. The lowest BCUT2D eigenvalue weighted by Crippen LogP contribution is -2.34. The smallest absolute Gasteiger partial charge is 0.183 e. The second-order valence-corrected chi connectivity index (χ2v) is 3.85. The largest absolute Gasteiger partial charge is 0.370 e. The molecule has 0 aromatic carbocycles. The molecule has 0 aliphatic carbocycles. The zero-order chi connectivity index (χ0) is 10.4. The summed E-state index contributed by atoms with van der Waals surface area (Å²) in [4.78, 5) is 2.64. The Balaban J connectivity index is 0.000000213. The quantitative estimate of drug-likeness (QED) is 0.306. The summed E-state index contributed by atoms with van der Waals surface area (Å²) in [7, 11) is 0. The highest BCUT2D eigenvalue weighted by molar-refractivity contribution is 5.71. The van der Waals surface area contributed by atoms with E-state index in [1.807, 2.05) is 0 Å². The van der Waals surface area contributed by atoms with Gasteiger partial charge in [0.1, 0.15) is 0 Å². The predicted molar refractivity (Wildman–Crippen MR) is 58.2 cm³/mol. The van der Waals surface area contributed by atoms with E-state index in [1.54, 1.807) is 0 Å². The van der Waals surface area contributed by atoms with Gasteiger partial charge in [0.2, 0.25) is 0 Å². The number of guanidine groups is 1. The SMILES string of the molecule is C1CNCC2CCCN2C1.N=C(N)N. The van der Waals surface area contributed by atoms with Crippen LogP contribution in [0.5, 0.6) is 0 Å². The molecule has 0 amide bonds. The molecule has 1 atom stereocenters. The van der Waals surface area contributed by atoms with Crippen LogP contribution in [-0.4, -0.2) is 43.1 Å². The van der Waals surface area contributed by atoms with Gasteiger partial charge in [-0.15, -0.1) is 0 Å². The zero-order valence-electron chi connectivity index (χ0n) is 8.63. The average Bonchev–Trinajstić information content (AvgIpc) is 2.42. The maximum atomic E-state index is 6.06. The number of rotatable bonds is 0. The summed E-state index contributed by atoms with van der Waals surface area (Å²) in [5.74, 6) is -0.333.